The van der Waals surface area contributed by atoms with Crippen LogP contribution in [0.1, 0.15) is 23.5 Å². The van der Waals surface area contributed by atoms with Crippen LogP contribution in [0, 0.1) is 6.92 Å². The summed E-state index contributed by atoms with van der Waals surface area (Å²) in [5.41, 5.74) is 1.88. The first-order valence-electron chi connectivity index (χ1n) is 6.32. The van der Waals surface area contributed by atoms with Crippen molar-refractivity contribution >= 4 is 58.0 Å². The number of hydrogen-bond donors (Lipinski definition) is 0. The van der Waals surface area contributed by atoms with Gasteiger partial charge in [0.15, 0.2) is 4.87 Å². The van der Waals surface area contributed by atoms with Gasteiger partial charge < -0.3 is 0 Å². The van der Waals surface area contributed by atoms with Gasteiger partial charge in [0.25, 0.3) is 0 Å². The quantitative estimate of drug-likeness (QED) is 0.551. The average Bonchev–Trinajstić information content (AvgIpc) is 2.47. The van der Waals surface area contributed by atoms with Crippen LogP contribution in [-0.4, -0.2) is 21.3 Å². The number of alkyl halides is 2. The van der Waals surface area contributed by atoms with Crippen LogP contribution in [0.15, 0.2) is 34.3 Å². The topological polar surface area (TPSA) is 34.1 Å². The van der Waals surface area contributed by atoms with E-state index in [2.05, 4.69) is 0 Å². The predicted molar refractivity (Wildman–Crippen MR) is 84.5 cm³/mol. The van der Waals surface area contributed by atoms with E-state index in [1.807, 2.05) is 31.2 Å². The van der Waals surface area contributed by atoms with E-state index in [0.29, 0.717) is 0 Å². The Bertz CT molecular complexity index is 694. The molecule has 0 N–H and O–H groups in total. The molecule has 6 heteroatoms. The summed E-state index contributed by atoms with van der Waals surface area (Å²) in [6.07, 6.45) is 0.154. The first-order chi connectivity index (χ1) is 9.72. The number of Topliss-reactive ketones (excluding diaryl/α,β-unsaturated/α-hetero) is 2. The molecule has 0 aliphatic heterocycles. The summed E-state index contributed by atoms with van der Waals surface area (Å²) < 4.78 is 0. The molecule has 3 aliphatic carbocycles. The fourth-order valence-electron chi connectivity index (χ4n) is 2.94. The zero-order valence-electron chi connectivity index (χ0n) is 10.9. The SMILES string of the molecule is Cc1ccc(C2C[C@]3(Cl)C(=O)C(=O)[C@@]2(Cl)C(Cl)=C3Cl)cc1. The maximum absolute atomic E-state index is 12.4. The molecule has 1 aromatic rings. The molecule has 4 rings (SSSR count). The number of benzene rings is 1. The van der Waals surface area contributed by atoms with Gasteiger partial charge in [-0.3, -0.25) is 9.59 Å². The second kappa shape index (κ2) is 4.73. The van der Waals surface area contributed by atoms with Crippen LogP contribution in [0.2, 0.25) is 0 Å². The molecule has 0 saturated heterocycles. The van der Waals surface area contributed by atoms with Gasteiger partial charge in [-0.2, -0.15) is 0 Å². The van der Waals surface area contributed by atoms with E-state index in [-0.39, 0.29) is 16.5 Å². The van der Waals surface area contributed by atoms with Gasteiger partial charge in [0.2, 0.25) is 11.6 Å². The Morgan fingerprint density at radius 3 is 2.14 bits per heavy atom. The van der Waals surface area contributed by atoms with E-state index in [1.165, 1.54) is 0 Å². The monoisotopic (exact) mass is 362 g/mol. The van der Waals surface area contributed by atoms with Gasteiger partial charge in [-0.25, -0.2) is 0 Å². The zero-order valence-corrected chi connectivity index (χ0v) is 13.9. The second-order valence-electron chi connectivity index (χ2n) is 5.47. The van der Waals surface area contributed by atoms with Gasteiger partial charge in [-0.05, 0) is 18.9 Å². The Labute approximate surface area is 142 Å². The van der Waals surface area contributed by atoms with Crippen LogP contribution in [0.5, 0.6) is 0 Å². The minimum Gasteiger partial charge on any atom is -0.288 e. The van der Waals surface area contributed by atoms with Crippen LogP contribution >= 0.6 is 46.4 Å². The maximum Gasteiger partial charge on any atom is 0.227 e. The van der Waals surface area contributed by atoms with Crippen LogP contribution in [0.25, 0.3) is 0 Å². The molecule has 0 radical (unpaired) electrons. The lowest BCUT2D eigenvalue weighted by Crippen LogP contribution is -2.62. The van der Waals surface area contributed by atoms with Gasteiger partial charge in [-0.1, -0.05) is 53.0 Å². The molecular weight excluding hydrogens is 354 g/mol. The first-order valence-corrected chi connectivity index (χ1v) is 7.84. The Hall–Kier alpha value is -0.540. The summed E-state index contributed by atoms with van der Waals surface area (Å²) in [6, 6.07) is 7.54. The molecule has 1 fully saturated rings. The molecule has 0 spiro atoms. The molecule has 0 amide bonds. The number of allylic oxidation sites excluding steroid dienone is 2. The number of rotatable bonds is 1. The highest BCUT2D eigenvalue weighted by Gasteiger charge is 2.67. The summed E-state index contributed by atoms with van der Waals surface area (Å²) in [6.45, 7) is 1.95. The van der Waals surface area contributed by atoms with Crippen LogP contribution < -0.4 is 0 Å². The molecule has 3 atom stereocenters. The highest BCUT2D eigenvalue weighted by atomic mass is 35.5. The zero-order chi connectivity index (χ0) is 15.6. The van der Waals surface area contributed by atoms with E-state index >= 15 is 0 Å². The Balaban J connectivity index is 2.22. The number of halogens is 4. The Morgan fingerprint density at radius 1 is 1.00 bits per heavy atom. The molecule has 110 valence electrons. The summed E-state index contributed by atoms with van der Waals surface area (Å²) in [7, 11) is 0. The lowest BCUT2D eigenvalue weighted by atomic mass is 9.64. The van der Waals surface area contributed by atoms with Gasteiger partial charge >= 0.3 is 0 Å². The van der Waals surface area contributed by atoms with Gasteiger partial charge in [-0.15, -0.1) is 23.2 Å². The molecule has 3 aliphatic rings. The van der Waals surface area contributed by atoms with Crippen LogP contribution in [0.3, 0.4) is 0 Å². The number of carbonyl (C=O) groups is 2. The Morgan fingerprint density at radius 2 is 1.57 bits per heavy atom. The second-order valence-corrected chi connectivity index (χ2v) is 7.46. The molecule has 2 nitrogen and oxygen atoms in total. The van der Waals surface area contributed by atoms with Crippen molar-refractivity contribution in [3.05, 3.63) is 45.5 Å². The van der Waals surface area contributed by atoms with Crippen molar-refractivity contribution in [2.75, 3.05) is 0 Å². The third-order valence-corrected chi connectivity index (χ3v) is 6.63. The van der Waals surface area contributed by atoms with Crippen molar-refractivity contribution < 1.29 is 9.59 Å². The number of aryl methyl sites for hydroxylation is 1. The fourth-order valence-corrected chi connectivity index (χ4v) is 4.45. The van der Waals surface area contributed by atoms with Crippen LogP contribution in [0.4, 0.5) is 0 Å². The van der Waals surface area contributed by atoms with Crippen molar-refractivity contribution in [2.45, 2.75) is 29.0 Å². The number of ketones is 2. The minimum absolute atomic E-state index is 0.0335. The first kappa shape index (κ1) is 15.4. The van der Waals surface area contributed by atoms with E-state index in [0.717, 1.165) is 11.1 Å². The van der Waals surface area contributed by atoms with E-state index in [4.69, 9.17) is 46.4 Å². The molecule has 1 aromatic carbocycles. The lowest BCUT2D eigenvalue weighted by Gasteiger charge is -2.48. The third kappa shape index (κ3) is 1.86. The van der Waals surface area contributed by atoms with Crippen molar-refractivity contribution in [3.63, 3.8) is 0 Å². The number of hydrogen-bond acceptors (Lipinski definition) is 2. The number of carbonyl (C=O) groups excluding carboxylic acids is 2. The minimum atomic E-state index is -1.65. The number of fused-ring (bicyclic) bond motifs is 2. The summed E-state index contributed by atoms with van der Waals surface area (Å²) in [4.78, 5) is 21.3. The van der Waals surface area contributed by atoms with E-state index in [9.17, 15) is 9.59 Å². The molecule has 1 saturated carbocycles. The smallest absolute Gasteiger partial charge is 0.227 e. The highest BCUT2D eigenvalue weighted by molar-refractivity contribution is 6.70. The molecule has 0 aromatic heterocycles. The lowest BCUT2D eigenvalue weighted by molar-refractivity contribution is -0.141. The molecule has 1 unspecified atom stereocenters. The highest BCUT2D eigenvalue weighted by Crippen LogP contribution is 2.61. The molecule has 2 bridgehead atoms. The maximum atomic E-state index is 12.4. The summed E-state index contributed by atoms with van der Waals surface area (Å²) in [5, 5.41) is -0.0731. The molecule has 21 heavy (non-hydrogen) atoms. The van der Waals surface area contributed by atoms with Crippen LogP contribution in [-0.2, 0) is 9.59 Å². The molecule has 0 heterocycles. The van der Waals surface area contributed by atoms with Gasteiger partial charge in [0.1, 0.15) is 4.87 Å². The Kier molecular flexibility index (Phi) is 3.46. The van der Waals surface area contributed by atoms with E-state index in [1.54, 1.807) is 0 Å². The van der Waals surface area contributed by atoms with Crippen molar-refractivity contribution in [1.29, 1.82) is 0 Å². The van der Waals surface area contributed by atoms with E-state index < -0.39 is 27.2 Å². The largest absolute Gasteiger partial charge is 0.288 e. The van der Waals surface area contributed by atoms with Gasteiger partial charge in [0, 0.05) is 5.92 Å². The van der Waals surface area contributed by atoms with Crippen molar-refractivity contribution in [2.24, 2.45) is 0 Å². The van der Waals surface area contributed by atoms with Crippen molar-refractivity contribution in [1.82, 2.24) is 0 Å². The summed E-state index contributed by atoms with van der Waals surface area (Å²) >= 11 is 25.1. The predicted octanol–water partition coefficient (Wildman–Crippen LogP) is 4.28. The normalized spacial score (nSPS) is 35.6. The van der Waals surface area contributed by atoms with Crippen molar-refractivity contribution in [3.8, 4) is 0 Å². The molecular formula is C15H10Cl4O2. The standard InChI is InChI=1S/C15H10Cl4O2/c1-7-2-4-8(5-3-7)9-6-14(18)10(16)11(17)15(9,19)13(21)12(14)20/h2-5,9H,6H2,1H3/t9?,14-,15+/m1/s1. The third-order valence-electron chi connectivity index (χ3n) is 4.20. The van der Waals surface area contributed by atoms with Gasteiger partial charge in [0.05, 0.1) is 10.1 Å². The fraction of sp³-hybridized carbons (Fsp3) is 0.333. The summed E-state index contributed by atoms with van der Waals surface area (Å²) in [5.74, 6) is -2.06. The average molecular weight is 364 g/mol.